The molecule has 2 aromatic heterocycles. The van der Waals surface area contributed by atoms with Crippen LogP contribution in [0.25, 0.3) is 11.2 Å². The molecule has 0 radical (unpaired) electrons. The number of esters is 1. The lowest BCUT2D eigenvalue weighted by molar-refractivity contribution is -0.156. The molecule has 3 aliphatic heterocycles. The fourth-order valence-electron chi connectivity index (χ4n) is 5.02. The number of carbonyl (C=O) groups is 3. The van der Waals surface area contributed by atoms with Gasteiger partial charge in [-0.05, 0) is 44.5 Å². The van der Waals surface area contributed by atoms with E-state index in [9.17, 15) is 18.8 Å². The quantitative estimate of drug-likeness (QED) is 0.407. The van der Waals surface area contributed by atoms with Gasteiger partial charge in [-0.1, -0.05) is 11.6 Å². The summed E-state index contributed by atoms with van der Waals surface area (Å²) in [5, 5.41) is 2.80. The molecule has 2 amide bonds. The second kappa shape index (κ2) is 8.35. The first-order chi connectivity index (χ1) is 18.0. The van der Waals surface area contributed by atoms with Crippen LogP contribution >= 0.6 is 11.6 Å². The van der Waals surface area contributed by atoms with Crippen LogP contribution in [0.1, 0.15) is 37.6 Å². The Balaban J connectivity index is 1.53. The van der Waals surface area contributed by atoms with Crippen LogP contribution in [-0.2, 0) is 25.5 Å². The Morgan fingerprint density at radius 3 is 2.71 bits per heavy atom. The standard InChI is InChI=1S/C27H21ClFN5O4/c1-27(2,3)38-26(37)17-9-13-8-15(29)11-16-22(30-5-7-34(17)23(13)16)21-20(24(35)32-25(21)36)18-12-31-19-10-14(28)4-6-33(18)19/h4-8,10-12,17H,9H2,1-3H3,(H,32,35,36). The molecule has 1 N–H and O–H groups in total. The molecule has 11 heteroatoms. The van der Waals surface area contributed by atoms with Crippen LogP contribution in [0, 0.1) is 5.82 Å². The number of nitrogens with zero attached hydrogens (tertiary/aromatic N) is 4. The second-order valence-corrected chi connectivity index (χ2v) is 10.6. The minimum atomic E-state index is -0.744. The number of rotatable bonds is 3. The van der Waals surface area contributed by atoms with Gasteiger partial charge in [0.1, 0.15) is 23.1 Å². The summed E-state index contributed by atoms with van der Waals surface area (Å²) >= 11 is 6.08. The number of nitrogens with one attached hydrogen (secondary N) is 1. The van der Waals surface area contributed by atoms with Crippen LogP contribution in [0.15, 0.2) is 59.6 Å². The first-order valence-corrected chi connectivity index (χ1v) is 12.2. The zero-order valence-corrected chi connectivity index (χ0v) is 21.3. The van der Waals surface area contributed by atoms with Crippen LogP contribution in [-0.4, -0.2) is 44.5 Å². The van der Waals surface area contributed by atoms with Crippen LogP contribution < -0.4 is 10.2 Å². The minimum Gasteiger partial charge on any atom is -0.458 e. The van der Waals surface area contributed by atoms with Gasteiger partial charge in [0.2, 0.25) is 0 Å². The Morgan fingerprint density at radius 2 is 1.95 bits per heavy atom. The number of hydrogen-bond donors (Lipinski definition) is 1. The van der Waals surface area contributed by atoms with E-state index in [4.69, 9.17) is 16.3 Å². The summed E-state index contributed by atoms with van der Waals surface area (Å²) in [6, 6.07) is 5.13. The molecule has 9 nitrogen and oxygen atoms in total. The van der Waals surface area contributed by atoms with E-state index in [-0.39, 0.29) is 28.8 Å². The number of aromatic nitrogens is 2. The highest BCUT2D eigenvalue weighted by Crippen LogP contribution is 2.41. The van der Waals surface area contributed by atoms with Gasteiger partial charge in [0.15, 0.2) is 0 Å². The van der Waals surface area contributed by atoms with Gasteiger partial charge in [-0.3, -0.25) is 24.3 Å². The van der Waals surface area contributed by atoms with Gasteiger partial charge in [-0.2, -0.15) is 0 Å². The normalized spacial score (nSPS) is 18.6. The summed E-state index contributed by atoms with van der Waals surface area (Å²) < 4.78 is 22.2. The van der Waals surface area contributed by atoms with Crippen molar-refractivity contribution in [2.75, 3.05) is 4.90 Å². The van der Waals surface area contributed by atoms with Crippen LogP contribution in [0.2, 0.25) is 5.02 Å². The van der Waals surface area contributed by atoms with E-state index in [1.54, 1.807) is 54.6 Å². The Labute approximate surface area is 221 Å². The number of carbonyl (C=O) groups excluding carboxylic acids is 3. The highest BCUT2D eigenvalue weighted by molar-refractivity contribution is 6.47. The molecule has 1 unspecified atom stereocenters. The molecule has 5 heterocycles. The van der Waals surface area contributed by atoms with Crippen molar-refractivity contribution in [1.82, 2.24) is 14.7 Å². The number of imide groups is 1. The molecule has 3 aromatic rings. The highest BCUT2D eigenvalue weighted by atomic mass is 35.5. The monoisotopic (exact) mass is 533 g/mol. The summed E-state index contributed by atoms with van der Waals surface area (Å²) in [5.74, 6) is -2.33. The summed E-state index contributed by atoms with van der Waals surface area (Å²) in [6.07, 6.45) is 6.34. The van der Waals surface area contributed by atoms with E-state index in [0.717, 1.165) is 0 Å². The molecule has 3 aliphatic rings. The van der Waals surface area contributed by atoms with E-state index in [1.165, 1.54) is 24.5 Å². The predicted molar refractivity (Wildman–Crippen MR) is 138 cm³/mol. The number of aliphatic imine (C=N–C) groups is 1. The molecule has 38 heavy (non-hydrogen) atoms. The molecule has 6 rings (SSSR count). The average Bonchev–Trinajstić information content (AvgIpc) is 3.43. The van der Waals surface area contributed by atoms with Gasteiger partial charge >= 0.3 is 5.97 Å². The SMILES string of the molecule is CC(C)(C)OC(=O)C1Cc2cc(F)cc3c2N1C=CN=C3C1=C(c2cnc3cc(Cl)ccn23)C(=O)NC1=O. The third-order valence-corrected chi connectivity index (χ3v) is 6.66. The van der Waals surface area contributed by atoms with Gasteiger partial charge in [0.05, 0.1) is 34.4 Å². The fourth-order valence-corrected chi connectivity index (χ4v) is 5.17. The first-order valence-electron chi connectivity index (χ1n) is 11.8. The van der Waals surface area contributed by atoms with Crippen molar-refractivity contribution >= 4 is 52.0 Å². The zero-order valence-electron chi connectivity index (χ0n) is 20.6. The molecule has 192 valence electrons. The van der Waals surface area contributed by atoms with Crippen molar-refractivity contribution in [1.29, 1.82) is 0 Å². The van der Waals surface area contributed by atoms with Gasteiger partial charge < -0.3 is 9.64 Å². The summed E-state index contributed by atoms with van der Waals surface area (Å²) in [5.41, 5.74) is 1.62. The Bertz CT molecular complexity index is 1680. The number of hydrogen-bond acceptors (Lipinski definition) is 7. The Morgan fingerprint density at radius 1 is 1.18 bits per heavy atom. The molecule has 0 saturated heterocycles. The van der Waals surface area contributed by atoms with Crippen molar-refractivity contribution in [3.05, 3.63) is 82.3 Å². The molecule has 1 atom stereocenters. The minimum absolute atomic E-state index is 0.0215. The van der Waals surface area contributed by atoms with E-state index >= 15 is 0 Å². The number of anilines is 1. The molecule has 0 saturated carbocycles. The topological polar surface area (TPSA) is 105 Å². The molecule has 0 spiro atoms. The molecule has 0 bridgehead atoms. The summed E-state index contributed by atoms with van der Waals surface area (Å²) in [7, 11) is 0. The number of halogens is 2. The number of fused-ring (bicyclic) bond motifs is 1. The smallest absolute Gasteiger partial charge is 0.329 e. The number of imidazole rings is 1. The Kier molecular flexibility index (Phi) is 5.29. The lowest BCUT2D eigenvalue weighted by Gasteiger charge is -2.27. The maximum absolute atomic E-state index is 14.9. The maximum atomic E-state index is 14.9. The first kappa shape index (κ1) is 24.1. The van der Waals surface area contributed by atoms with Crippen LogP contribution in [0.5, 0.6) is 0 Å². The van der Waals surface area contributed by atoms with Crippen molar-refractivity contribution < 1.29 is 23.5 Å². The van der Waals surface area contributed by atoms with E-state index < -0.39 is 35.2 Å². The zero-order chi connectivity index (χ0) is 26.9. The predicted octanol–water partition coefficient (Wildman–Crippen LogP) is 3.58. The van der Waals surface area contributed by atoms with Gasteiger partial charge in [0.25, 0.3) is 11.8 Å². The lowest BCUT2D eigenvalue weighted by Crippen LogP contribution is -2.40. The molecule has 0 aliphatic carbocycles. The van der Waals surface area contributed by atoms with Crippen molar-refractivity contribution in [3.8, 4) is 0 Å². The summed E-state index contributed by atoms with van der Waals surface area (Å²) in [4.78, 5) is 49.7. The van der Waals surface area contributed by atoms with E-state index in [1.807, 2.05) is 0 Å². The van der Waals surface area contributed by atoms with Gasteiger partial charge in [-0.25, -0.2) is 14.2 Å². The van der Waals surface area contributed by atoms with Crippen LogP contribution in [0.3, 0.4) is 0 Å². The number of amides is 2. The van der Waals surface area contributed by atoms with Crippen LogP contribution in [0.4, 0.5) is 10.1 Å². The van der Waals surface area contributed by atoms with E-state index in [2.05, 4.69) is 15.3 Å². The third-order valence-electron chi connectivity index (χ3n) is 6.43. The second-order valence-electron chi connectivity index (χ2n) is 10.1. The Hall–Kier alpha value is -4.31. The molecular formula is C27H21ClFN5O4. The van der Waals surface area contributed by atoms with Gasteiger partial charge in [-0.15, -0.1) is 0 Å². The maximum Gasteiger partial charge on any atom is 0.329 e. The number of ether oxygens (including phenoxy) is 1. The summed E-state index contributed by atoms with van der Waals surface area (Å²) in [6.45, 7) is 5.32. The largest absolute Gasteiger partial charge is 0.458 e. The molecule has 1 aromatic carbocycles. The van der Waals surface area contributed by atoms with Gasteiger partial charge in [0, 0.05) is 41.7 Å². The van der Waals surface area contributed by atoms with Crippen molar-refractivity contribution in [2.45, 2.75) is 38.8 Å². The average molecular weight is 534 g/mol. The fraction of sp³-hybridized carbons (Fsp3) is 0.222. The van der Waals surface area contributed by atoms with Crippen molar-refractivity contribution in [2.24, 2.45) is 4.99 Å². The van der Waals surface area contributed by atoms with Crippen molar-refractivity contribution in [3.63, 3.8) is 0 Å². The lowest BCUT2D eigenvalue weighted by atomic mass is 9.94. The third kappa shape index (κ3) is 3.79. The number of pyridine rings is 1. The highest BCUT2D eigenvalue weighted by Gasteiger charge is 2.42. The number of benzene rings is 1. The van der Waals surface area contributed by atoms with E-state index in [0.29, 0.717) is 27.6 Å². The molecule has 0 fully saturated rings. The molecular weight excluding hydrogens is 513 g/mol.